The zero-order chi connectivity index (χ0) is 31.6. The first-order valence-electron chi connectivity index (χ1n) is 14.0. The molecule has 3 heterocycles. The van der Waals surface area contributed by atoms with Crippen LogP contribution in [0.25, 0.3) is 22.3 Å². The standard InChI is InChI=1S/C31H30F3N7O3/c1-4-43-31(2,3)14-18(15-35)30(42)40-12-6-7-19(40)16-41-29-25(28(36)37-17-38-29)27(39-41)21-11-10-20(13-23(21)33)44-24-9-5-8-22(32)26(24)34/h5,8-11,13-14,17,19H,4,6-7,12,16H2,1-3H3,(H2,36,37,38)/t19-/m0/s1. The summed E-state index contributed by atoms with van der Waals surface area (Å²) in [5.41, 5.74) is 5.92. The summed E-state index contributed by atoms with van der Waals surface area (Å²) in [5.74, 6) is -3.83. The molecule has 1 aliphatic rings. The second-order valence-electron chi connectivity index (χ2n) is 10.8. The van der Waals surface area contributed by atoms with E-state index in [-0.39, 0.29) is 41.0 Å². The molecule has 1 fully saturated rings. The second kappa shape index (κ2) is 12.3. The lowest BCUT2D eigenvalue weighted by atomic mass is 10.0. The van der Waals surface area contributed by atoms with Crippen molar-refractivity contribution in [2.45, 2.75) is 51.8 Å². The molecule has 0 spiro atoms. The van der Waals surface area contributed by atoms with Crippen molar-refractivity contribution in [1.29, 1.82) is 5.26 Å². The summed E-state index contributed by atoms with van der Waals surface area (Å²) in [6.07, 6.45) is 4.16. The van der Waals surface area contributed by atoms with Gasteiger partial charge in [0.2, 0.25) is 5.82 Å². The number of carbonyl (C=O) groups is 1. The third-order valence-electron chi connectivity index (χ3n) is 7.28. The van der Waals surface area contributed by atoms with Crippen molar-refractivity contribution in [3.05, 3.63) is 71.8 Å². The Bertz CT molecular complexity index is 1800. The molecule has 44 heavy (non-hydrogen) atoms. The zero-order valence-corrected chi connectivity index (χ0v) is 24.4. The van der Waals surface area contributed by atoms with Gasteiger partial charge in [-0.1, -0.05) is 6.07 Å². The van der Waals surface area contributed by atoms with Crippen LogP contribution in [0.4, 0.5) is 19.0 Å². The van der Waals surface area contributed by atoms with Crippen LogP contribution in [0.15, 0.2) is 54.4 Å². The fourth-order valence-electron chi connectivity index (χ4n) is 5.34. The Morgan fingerprint density at radius 1 is 1.20 bits per heavy atom. The number of rotatable bonds is 9. The fourth-order valence-corrected chi connectivity index (χ4v) is 5.34. The number of halogens is 3. The third-order valence-corrected chi connectivity index (χ3v) is 7.28. The van der Waals surface area contributed by atoms with Gasteiger partial charge in [0.15, 0.2) is 17.2 Å². The number of hydrogen-bond acceptors (Lipinski definition) is 8. The van der Waals surface area contributed by atoms with Gasteiger partial charge in [-0.2, -0.15) is 14.8 Å². The maximum Gasteiger partial charge on any atom is 0.264 e. The van der Waals surface area contributed by atoms with Gasteiger partial charge in [-0.05, 0) is 64.0 Å². The van der Waals surface area contributed by atoms with Gasteiger partial charge in [0.25, 0.3) is 5.91 Å². The first kappa shape index (κ1) is 30.5. The van der Waals surface area contributed by atoms with Crippen LogP contribution in [0, 0.1) is 28.8 Å². The van der Waals surface area contributed by atoms with Crippen molar-refractivity contribution >= 4 is 22.8 Å². The highest BCUT2D eigenvalue weighted by molar-refractivity contribution is 5.99. The number of anilines is 1. The molecule has 1 aliphatic heterocycles. The Morgan fingerprint density at radius 2 is 2.00 bits per heavy atom. The van der Waals surface area contributed by atoms with E-state index in [1.54, 1.807) is 23.4 Å². The van der Waals surface area contributed by atoms with Gasteiger partial charge in [-0.25, -0.2) is 23.4 Å². The molecule has 2 aromatic heterocycles. The summed E-state index contributed by atoms with van der Waals surface area (Å²) >= 11 is 0. The molecule has 13 heteroatoms. The van der Waals surface area contributed by atoms with Gasteiger partial charge in [0, 0.05) is 24.8 Å². The number of fused-ring (bicyclic) bond motifs is 1. The van der Waals surface area contributed by atoms with Crippen molar-refractivity contribution in [3.8, 4) is 28.8 Å². The SMILES string of the molecule is CCOC(C)(C)C=C(C#N)C(=O)N1CCC[C@H]1Cn1nc(-c2ccc(Oc3cccc(F)c3F)cc2F)c2c(N)ncnc21. The van der Waals surface area contributed by atoms with Crippen LogP contribution in [0.3, 0.4) is 0 Å². The smallest absolute Gasteiger partial charge is 0.264 e. The number of nitrogens with two attached hydrogens (primary N) is 1. The van der Waals surface area contributed by atoms with E-state index < -0.39 is 34.7 Å². The summed E-state index contributed by atoms with van der Waals surface area (Å²) in [5, 5.41) is 14.7. The highest BCUT2D eigenvalue weighted by Crippen LogP contribution is 2.35. The van der Waals surface area contributed by atoms with E-state index in [1.807, 2.05) is 13.0 Å². The molecule has 1 atom stereocenters. The van der Waals surface area contributed by atoms with Crippen LogP contribution in [-0.2, 0) is 16.1 Å². The highest BCUT2D eigenvalue weighted by atomic mass is 19.2. The number of amides is 1. The lowest BCUT2D eigenvalue weighted by molar-refractivity contribution is -0.127. The van der Waals surface area contributed by atoms with Gasteiger partial charge in [0.1, 0.15) is 41.0 Å². The Balaban J connectivity index is 1.46. The number of benzene rings is 2. The van der Waals surface area contributed by atoms with Gasteiger partial charge in [-0.3, -0.25) is 4.79 Å². The Hall–Kier alpha value is -4.96. The van der Waals surface area contributed by atoms with E-state index in [4.69, 9.17) is 15.2 Å². The maximum atomic E-state index is 15.5. The number of nitriles is 1. The van der Waals surface area contributed by atoms with Gasteiger partial charge in [0.05, 0.1) is 23.6 Å². The Kier molecular flexibility index (Phi) is 8.55. The number of likely N-dealkylation sites (tertiary alicyclic amines) is 1. The number of ether oxygens (including phenoxy) is 2. The fraction of sp³-hybridized carbons (Fsp3) is 0.323. The number of nitrogen functional groups attached to an aromatic ring is 1. The molecule has 2 N–H and O–H groups in total. The van der Waals surface area contributed by atoms with Crippen LogP contribution in [0.5, 0.6) is 11.5 Å². The molecule has 2 aromatic carbocycles. The Morgan fingerprint density at radius 3 is 2.73 bits per heavy atom. The van der Waals surface area contributed by atoms with Gasteiger partial charge in [-0.15, -0.1) is 0 Å². The summed E-state index contributed by atoms with van der Waals surface area (Å²) < 4.78 is 55.7. The topological polar surface area (TPSA) is 132 Å². The molecular formula is C31H30F3N7O3. The van der Waals surface area contributed by atoms with Crippen molar-refractivity contribution in [3.63, 3.8) is 0 Å². The number of carbonyl (C=O) groups excluding carboxylic acids is 1. The van der Waals surface area contributed by atoms with Crippen LogP contribution in [-0.4, -0.2) is 55.4 Å². The zero-order valence-electron chi connectivity index (χ0n) is 24.4. The van der Waals surface area contributed by atoms with Crippen LogP contribution >= 0.6 is 0 Å². The predicted octanol–water partition coefficient (Wildman–Crippen LogP) is 5.54. The van der Waals surface area contributed by atoms with E-state index in [0.717, 1.165) is 18.6 Å². The number of aromatic nitrogens is 4. The molecule has 1 amide bonds. The van der Waals surface area contributed by atoms with Crippen molar-refractivity contribution in [2.24, 2.45) is 0 Å². The minimum atomic E-state index is -1.19. The monoisotopic (exact) mass is 605 g/mol. The van der Waals surface area contributed by atoms with E-state index in [0.29, 0.717) is 30.6 Å². The van der Waals surface area contributed by atoms with Crippen LogP contribution < -0.4 is 10.5 Å². The molecular weight excluding hydrogens is 575 g/mol. The summed E-state index contributed by atoms with van der Waals surface area (Å²) in [7, 11) is 0. The average Bonchev–Trinajstić information content (AvgIpc) is 3.59. The summed E-state index contributed by atoms with van der Waals surface area (Å²) in [6.45, 7) is 6.46. The van der Waals surface area contributed by atoms with Gasteiger partial charge >= 0.3 is 0 Å². The number of hydrogen-bond donors (Lipinski definition) is 1. The summed E-state index contributed by atoms with van der Waals surface area (Å²) in [4.78, 5) is 23.5. The maximum absolute atomic E-state index is 15.5. The largest absolute Gasteiger partial charge is 0.454 e. The minimum Gasteiger partial charge on any atom is -0.454 e. The van der Waals surface area contributed by atoms with Crippen molar-refractivity contribution in [1.82, 2.24) is 24.6 Å². The van der Waals surface area contributed by atoms with E-state index >= 15 is 4.39 Å². The first-order chi connectivity index (χ1) is 21.0. The summed E-state index contributed by atoms with van der Waals surface area (Å²) in [6, 6.07) is 8.94. The quantitative estimate of drug-likeness (QED) is 0.194. The van der Waals surface area contributed by atoms with E-state index in [2.05, 4.69) is 15.1 Å². The molecule has 1 saturated heterocycles. The molecule has 0 saturated carbocycles. The lowest BCUT2D eigenvalue weighted by Crippen LogP contribution is -2.39. The minimum absolute atomic E-state index is 0.0181. The van der Waals surface area contributed by atoms with Crippen LogP contribution in [0.1, 0.15) is 33.6 Å². The van der Waals surface area contributed by atoms with E-state index in [1.165, 1.54) is 36.7 Å². The predicted molar refractivity (Wildman–Crippen MR) is 156 cm³/mol. The second-order valence-corrected chi connectivity index (χ2v) is 10.8. The molecule has 228 valence electrons. The first-order valence-corrected chi connectivity index (χ1v) is 14.0. The Labute approximate surface area is 251 Å². The normalized spacial score (nSPS) is 15.5. The third kappa shape index (κ3) is 6.07. The lowest BCUT2D eigenvalue weighted by Gasteiger charge is -2.26. The highest BCUT2D eigenvalue weighted by Gasteiger charge is 2.33. The molecule has 0 aliphatic carbocycles. The molecule has 0 unspecified atom stereocenters. The van der Waals surface area contributed by atoms with Crippen molar-refractivity contribution in [2.75, 3.05) is 18.9 Å². The van der Waals surface area contributed by atoms with E-state index in [9.17, 15) is 18.8 Å². The molecule has 0 radical (unpaired) electrons. The van der Waals surface area contributed by atoms with Crippen molar-refractivity contribution < 1.29 is 27.4 Å². The van der Waals surface area contributed by atoms with Gasteiger partial charge < -0.3 is 20.1 Å². The molecule has 0 bridgehead atoms. The molecule has 5 rings (SSSR count). The molecule has 4 aromatic rings. The number of nitrogens with zero attached hydrogens (tertiary/aromatic N) is 6. The average molecular weight is 606 g/mol. The van der Waals surface area contributed by atoms with Crippen LogP contribution in [0.2, 0.25) is 0 Å². The molecule has 10 nitrogen and oxygen atoms in total.